The minimum Gasteiger partial charge on any atom is -0.300 e. The van der Waals surface area contributed by atoms with Gasteiger partial charge in [0, 0.05) is 11.6 Å². The molecule has 0 amide bonds. The van der Waals surface area contributed by atoms with Gasteiger partial charge in [-0.1, -0.05) is 35.5 Å². The van der Waals surface area contributed by atoms with Crippen LogP contribution in [0.25, 0.3) is 0 Å². The zero-order valence-corrected chi connectivity index (χ0v) is 12.6. The topological polar surface area (TPSA) is 83.7 Å². The smallest absolute Gasteiger partial charge is 0.300 e. The Morgan fingerprint density at radius 1 is 1.45 bits per heavy atom. The van der Waals surface area contributed by atoms with Crippen LogP contribution in [-0.4, -0.2) is 18.4 Å². The molecule has 0 saturated heterocycles. The average Bonchev–Trinajstić information content (AvgIpc) is 2.40. The fraction of sp³-hybridized carbons (Fsp3) is 0.385. The molecule has 0 fully saturated rings. The molecule has 0 aliphatic heterocycles. The van der Waals surface area contributed by atoms with Crippen LogP contribution in [0.4, 0.5) is 0 Å². The molecular weight excluding hydrogens is 277 g/mol. The first-order valence-electron chi connectivity index (χ1n) is 6.25. The summed E-state index contributed by atoms with van der Waals surface area (Å²) in [4.78, 5) is 0. The largest absolute Gasteiger partial charge is 0.478 e. The Bertz CT molecular complexity index is 538. The maximum absolute atomic E-state index is 12.3. The van der Waals surface area contributed by atoms with E-state index in [1.807, 2.05) is 12.1 Å². The van der Waals surface area contributed by atoms with Crippen LogP contribution in [0.2, 0.25) is 0 Å². The van der Waals surface area contributed by atoms with E-state index >= 15 is 0 Å². The first-order valence-corrected chi connectivity index (χ1v) is 7.79. The Balaban J connectivity index is 2.91. The molecule has 7 heteroatoms. The molecule has 0 aromatic heterocycles. The van der Waals surface area contributed by atoms with Gasteiger partial charge < -0.3 is 4.62 Å². The Labute approximate surface area is 119 Å². The number of hydrogen-bond donors (Lipinski definition) is 1. The molecule has 0 saturated carbocycles. The second kappa shape index (κ2) is 7.81. The van der Waals surface area contributed by atoms with Gasteiger partial charge in [0.2, 0.25) is 0 Å². The highest BCUT2D eigenvalue weighted by Crippen LogP contribution is 2.44. The fourth-order valence-electron chi connectivity index (χ4n) is 1.40. The van der Waals surface area contributed by atoms with Crippen molar-refractivity contribution in [2.24, 2.45) is 5.16 Å². The van der Waals surface area contributed by atoms with E-state index in [1.165, 1.54) is 0 Å². The minimum atomic E-state index is -3.55. The highest BCUT2D eigenvalue weighted by Gasteiger charge is 2.27. The van der Waals surface area contributed by atoms with Crippen molar-refractivity contribution in [1.82, 2.24) is 5.09 Å². The lowest BCUT2D eigenvalue weighted by Gasteiger charge is -2.17. The van der Waals surface area contributed by atoms with Gasteiger partial charge in [0.1, 0.15) is 6.07 Å². The standard InChI is InChI=1S/C13H18N3O3P/c1-4-18-20(17,16-11(2)3)19-15-13(10-14)12-8-6-5-7-9-12/h5-9,11H,4H2,1-3H3,(H,16,17)/b15-13-. The number of benzene rings is 1. The minimum absolute atomic E-state index is 0.0380. The zero-order chi connectivity index (χ0) is 15.0. The van der Waals surface area contributed by atoms with Gasteiger partial charge in [0.25, 0.3) is 0 Å². The van der Waals surface area contributed by atoms with Crippen molar-refractivity contribution in [1.29, 1.82) is 5.26 Å². The Morgan fingerprint density at radius 2 is 2.10 bits per heavy atom. The van der Waals surface area contributed by atoms with Crippen LogP contribution in [0.5, 0.6) is 0 Å². The Morgan fingerprint density at radius 3 is 2.60 bits per heavy atom. The Kier molecular flexibility index (Phi) is 6.40. The predicted octanol–water partition coefficient (Wildman–Crippen LogP) is 3.07. The van der Waals surface area contributed by atoms with Crippen molar-refractivity contribution in [2.75, 3.05) is 6.61 Å². The first kappa shape index (κ1) is 16.4. The molecule has 6 nitrogen and oxygen atoms in total. The van der Waals surface area contributed by atoms with E-state index < -0.39 is 7.75 Å². The van der Waals surface area contributed by atoms with Gasteiger partial charge in [-0.15, -0.1) is 0 Å². The van der Waals surface area contributed by atoms with Crippen LogP contribution in [0.15, 0.2) is 35.5 Å². The molecule has 108 valence electrons. The molecule has 1 atom stereocenters. The summed E-state index contributed by atoms with van der Waals surface area (Å²) in [6.45, 7) is 5.52. The highest BCUT2D eigenvalue weighted by molar-refractivity contribution is 7.51. The van der Waals surface area contributed by atoms with Gasteiger partial charge in [-0.3, -0.25) is 4.52 Å². The molecule has 1 unspecified atom stereocenters. The van der Waals surface area contributed by atoms with E-state index in [0.29, 0.717) is 5.56 Å². The van der Waals surface area contributed by atoms with Gasteiger partial charge in [-0.25, -0.2) is 9.65 Å². The van der Waals surface area contributed by atoms with Gasteiger partial charge in [-0.05, 0) is 20.8 Å². The molecular formula is C13H18N3O3P. The van der Waals surface area contributed by atoms with Crippen LogP contribution in [0.1, 0.15) is 26.3 Å². The van der Waals surface area contributed by atoms with E-state index in [9.17, 15) is 4.57 Å². The average molecular weight is 295 g/mol. The van der Waals surface area contributed by atoms with E-state index in [2.05, 4.69) is 10.2 Å². The van der Waals surface area contributed by atoms with Crippen molar-refractivity contribution in [3.05, 3.63) is 35.9 Å². The van der Waals surface area contributed by atoms with E-state index in [-0.39, 0.29) is 18.4 Å². The van der Waals surface area contributed by atoms with Crippen LogP contribution in [0.3, 0.4) is 0 Å². The third kappa shape index (κ3) is 5.14. The lowest BCUT2D eigenvalue weighted by atomic mass is 10.1. The van der Waals surface area contributed by atoms with Crippen molar-refractivity contribution in [3.8, 4) is 6.07 Å². The van der Waals surface area contributed by atoms with Gasteiger partial charge >= 0.3 is 7.75 Å². The molecule has 0 aliphatic carbocycles. The van der Waals surface area contributed by atoms with Crippen LogP contribution < -0.4 is 5.09 Å². The fourth-order valence-corrected chi connectivity index (χ4v) is 2.73. The number of nitrogens with zero attached hydrogens (tertiary/aromatic N) is 2. The van der Waals surface area contributed by atoms with Crippen LogP contribution in [-0.2, 0) is 13.7 Å². The summed E-state index contributed by atoms with van der Waals surface area (Å²) >= 11 is 0. The second-order valence-corrected chi connectivity index (χ2v) is 5.87. The molecule has 1 aromatic carbocycles. The first-order chi connectivity index (χ1) is 9.50. The van der Waals surface area contributed by atoms with Gasteiger partial charge in [0.15, 0.2) is 5.71 Å². The molecule has 0 radical (unpaired) electrons. The van der Waals surface area contributed by atoms with Gasteiger partial charge in [0.05, 0.1) is 6.61 Å². The molecule has 0 spiro atoms. The summed E-state index contributed by atoms with van der Waals surface area (Å²) < 4.78 is 22.4. The monoisotopic (exact) mass is 295 g/mol. The molecule has 20 heavy (non-hydrogen) atoms. The molecule has 0 aliphatic rings. The van der Waals surface area contributed by atoms with Crippen LogP contribution >= 0.6 is 7.75 Å². The summed E-state index contributed by atoms with van der Waals surface area (Å²) in [5, 5.41) is 15.4. The number of nitriles is 1. The lowest BCUT2D eigenvalue weighted by Crippen LogP contribution is -2.21. The maximum Gasteiger partial charge on any atom is 0.478 e. The predicted molar refractivity (Wildman–Crippen MR) is 77.2 cm³/mol. The SMILES string of the molecule is CCOP(=O)(NC(C)C)O/N=C(/C#N)c1ccccc1. The summed E-state index contributed by atoms with van der Waals surface area (Å²) in [6, 6.07) is 10.6. The summed E-state index contributed by atoms with van der Waals surface area (Å²) in [7, 11) is -3.55. The van der Waals surface area contributed by atoms with E-state index in [0.717, 1.165) is 0 Å². The van der Waals surface area contributed by atoms with E-state index in [4.69, 9.17) is 14.4 Å². The molecule has 0 bridgehead atoms. The summed E-state index contributed by atoms with van der Waals surface area (Å²) in [5.41, 5.74) is 0.624. The number of nitrogens with one attached hydrogen (secondary N) is 1. The second-order valence-electron chi connectivity index (χ2n) is 4.20. The number of rotatable bonds is 7. The van der Waals surface area contributed by atoms with Crippen molar-refractivity contribution in [2.45, 2.75) is 26.8 Å². The van der Waals surface area contributed by atoms with Crippen molar-refractivity contribution in [3.63, 3.8) is 0 Å². The normalized spacial score (nSPS) is 14.7. The number of oxime groups is 1. The molecule has 1 N–H and O–H groups in total. The molecule has 0 heterocycles. The quantitative estimate of drug-likeness (QED) is 0.475. The molecule has 1 rings (SSSR count). The highest BCUT2D eigenvalue weighted by atomic mass is 31.2. The lowest BCUT2D eigenvalue weighted by molar-refractivity contribution is 0.207. The van der Waals surface area contributed by atoms with Crippen molar-refractivity contribution < 1.29 is 13.7 Å². The van der Waals surface area contributed by atoms with E-state index in [1.54, 1.807) is 45.0 Å². The zero-order valence-electron chi connectivity index (χ0n) is 11.7. The molecule has 1 aromatic rings. The number of hydrogen-bond acceptors (Lipinski definition) is 5. The Hall–Kier alpha value is -1.67. The van der Waals surface area contributed by atoms with Crippen molar-refractivity contribution >= 4 is 13.5 Å². The third-order valence-corrected chi connectivity index (χ3v) is 3.84. The summed E-state index contributed by atoms with van der Waals surface area (Å²) in [6.07, 6.45) is 0. The van der Waals surface area contributed by atoms with Gasteiger partial charge in [-0.2, -0.15) is 5.26 Å². The summed E-state index contributed by atoms with van der Waals surface area (Å²) in [5.74, 6) is 0. The van der Waals surface area contributed by atoms with Crippen LogP contribution in [0, 0.1) is 11.3 Å². The maximum atomic E-state index is 12.3. The third-order valence-electron chi connectivity index (χ3n) is 2.11.